The van der Waals surface area contributed by atoms with Crippen LogP contribution in [0.5, 0.6) is 11.5 Å². The van der Waals surface area contributed by atoms with Crippen molar-refractivity contribution >= 4 is 17.4 Å². The Labute approximate surface area is 133 Å². The fourth-order valence-corrected chi connectivity index (χ4v) is 2.71. The minimum atomic E-state index is 0.0764. The van der Waals surface area contributed by atoms with E-state index >= 15 is 0 Å². The third-order valence-electron chi connectivity index (χ3n) is 3.92. The first-order valence-electron chi connectivity index (χ1n) is 7.39. The molecule has 1 aromatic heterocycles. The first-order chi connectivity index (χ1) is 10.7. The van der Waals surface area contributed by atoms with Crippen LogP contribution in [0, 0.1) is 0 Å². The Morgan fingerprint density at radius 2 is 2.00 bits per heavy atom. The highest BCUT2D eigenvalue weighted by atomic mass is 35.5. The molecule has 6 heteroatoms. The summed E-state index contributed by atoms with van der Waals surface area (Å²) in [6.45, 7) is 2.36. The maximum Gasteiger partial charge on any atom is 0.231 e. The predicted octanol–water partition coefficient (Wildman–Crippen LogP) is 3.91. The third-order valence-corrected chi connectivity index (χ3v) is 4.11. The fourth-order valence-electron chi connectivity index (χ4n) is 2.52. The molecule has 1 saturated carbocycles. The third kappa shape index (κ3) is 2.68. The summed E-state index contributed by atoms with van der Waals surface area (Å²) in [4.78, 5) is 8.87. The number of rotatable bonds is 4. The lowest BCUT2D eigenvalue weighted by Gasteiger charge is -2.16. The summed E-state index contributed by atoms with van der Waals surface area (Å²) in [5, 5.41) is 3.86. The number of nitrogens with zero attached hydrogens (tertiary/aromatic N) is 2. The lowest BCUT2D eigenvalue weighted by Crippen LogP contribution is -2.09. The number of aromatic nitrogens is 2. The van der Waals surface area contributed by atoms with Crippen LogP contribution >= 0.6 is 11.6 Å². The highest BCUT2D eigenvalue weighted by Gasteiger charge is 2.27. The maximum atomic E-state index is 6.10. The smallest absolute Gasteiger partial charge is 0.231 e. The minimum Gasteiger partial charge on any atom is -0.454 e. The van der Waals surface area contributed by atoms with E-state index in [1.54, 1.807) is 6.07 Å². The monoisotopic (exact) mass is 317 g/mol. The topological polar surface area (TPSA) is 56.3 Å². The van der Waals surface area contributed by atoms with Gasteiger partial charge in [0.2, 0.25) is 6.79 Å². The molecule has 0 radical (unpaired) electrons. The molecule has 114 valence electrons. The lowest BCUT2D eigenvalue weighted by molar-refractivity contribution is 0.174. The summed E-state index contributed by atoms with van der Waals surface area (Å²) in [5.74, 6) is 3.64. The number of fused-ring (bicyclic) bond motifs is 1. The zero-order valence-corrected chi connectivity index (χ0v) is 12.9. The van der Waals surface area contributed by atoms with E-state index in [1.807, 2.05) is 18.2 Å². The Morgan fingerprint density at radius 3 is 2.82 bits per heavy atom. The van der Waals surface area contributed by atoms with Gasteiger partial charge in [-0.25, -0.2) is 9.97 Å². The molecule has 1 aliphatic heterocycles. The molecule has 2 aromatic rings. The second-order valence-electron chi connectivity index (χ2n) is 5.69. The standard InChI is InChI=1S/C16H16ClN3O2/c1-9(11-4-5-12-13(6-11)22-8-21-12)18-15-7-14(17)19-16(20-15)10-2-3-10/h4-7,9-10H,2-3,8H2,1H3,(H,18,19,20). The van der Waals surface area contributed by atoms with E-state index in [0.29, 0.717) is 11.1 Å². The Balaban J connectivity index is 1.55. The summed E-state index contributed by atoms with van der Waals surface area (Å²) in [6.07, 6.45) is 2.30. The van der Waals surface area contributed by atoms with Crippen molar-refractivity contribution in [1.82, 2.24) is 9.97 Å². The molecule has 0 amide bonds. The molecule has 4 rings (SSSR count). The van der Waals surface area contributed by atoms with Gasteiger partial charge in [-0.3, -0.25) is 0 Å². The first-order valence-corrected chi connectivity index (χ1v) is 7.77. The van der Waals surface area contributed by atoms with Gasteiger partial charge in [0.15, 0.2) is 11.5 Å². The molecule has 1 atom stereocenters. The van der Waals surface area contributed by atoms with Crippen molar-refractivity contribution in [2.24, 2.45) is 0 Å². The van der Waals surface area contributed by atoms with Crippen LogP contribution in [0.15, 0.2) is 24.3 Å². The molecule has 1 N–H and O–H groups in total. The maximum absolute atomic E-state index is 6.10. The Bertz CT molecular complexity index is 719. The van der Waals surface area contributed by atoms with Crippen molar-refractivity contribution in [2.45, 2.75) is 31.7 Å². The van der Waals surface area contributed by atoms with Crippen molar-refractivity contribution in [2.75, 3.05) is 12.1 Å². The molecule has 2 aliphatic rings. The van der Waals surface area contributed by atoms with E-state index in [4.69, 9.17) is 21.1 Å². The number of nitrogens with one attached hydrogen (secondary N) is 1. The lowest BCUT2D eigenvalue weighted by atomic mass is 10.1. The van der Waals surface area contributed by atoms with Crippen LogP contribution in [0.4, 0.5) is 5.82 Å². The summed E-state index contributed by atoms with van der Waals surface area (Å²) < 4.78 is 10.8. The van der Waals surface area contributed by atoms with Crippen molar-refractivity contribution in [3.05, 3.63) is 40.8 Å². The van der Waals surface area contributed by atoms with Gasteiger partial charge in [-0.05, 0) is 37.5 Å². The van der Waals surface area contributed by atoms with E-state index < -0.39 is 0 Å². The van der Waals surface area contributed by atoms with Crippen LogP contribution in [0.2, 0.25) is 5.15 Å². The summed E-state index contributed by atoms with van der Waals surface area (Å²) in [6, 6.07) is 7.78. The molecule has 0 bridgehead atoms. The second kappa shape index (κ2) is 5.32. The Morgan fingerprint density at radius 1 is 1.18 bits per heavy atom. The van der Waals surface area contributed by atoms with Crippen molar-refractivity contribution in [3.63, 3.8) is 0 Å². The normalized spacial score (nSPS) is 17.4. The van der Waals surface area contributed by atoms with Gasteiger partial charge < -0.3 is 14.8 Å². The molecule has 22 heavy (non-hydrogen) atoms. The highest BCUT2D eigenvalue weighted by molar-refractivity contribution is 6.29. The van der Waals surface area contributed by atoms with Crippen LogP contribution in [0.1, 0.15) is 43.1 Å². The van der Waals surface area contributed by atoms with Gasteiger partial charge in [-0.1, -0.05) is 17.7 Å². The summed E-state index contributed by atoms with van der Waals surface area (Å²) >= 11 is 6.10. The summed E-state index contributed by atoms with van der Waals surface area (Å²) in [5.41, 5.74) is 1.10. The van der Waals surface area contributed by atoms with Crippen molar-refractivity contribution in [3.8, 4) is 11.5 Å². The van der Waals surface area contributed by atoms with E-state index in [-0.39, 0.29) is 12.8 Å². The molecular weight excluding hydrogens is 302 g/mol. The first kappa shape index (κ1) is 13.6. The number of ether oxygens (including phenoxy) is 2. The molecule has 1 aromatic carbocycles. The fraction of sp³-hybridized carbons (Fsp3) is 0.375. The van der Waals surface area contributed by atoms with Gasteiger partial charge in [-0.2, -0.15) is 0 Å². The van der Waals surface area contributed by atoms with Crippen LogP contribution in [0.25, 0.3) is 0 Å². The van der Waals surface area contributed by atoms with Crippen LogP contribution in [-0.4, -0.2) is 16.8 Å². The quantitative estimate of drug-likeness (QED) is 0.866. The zero-order chi connectivity index (χ0) is 15.1. The predicted molar refractivity (Wildman–Crippen MR) is 83.6 cm³/mol. The van der Waals surface area contributed by atoms with Gasteiger partial charge in [0.05, 0.1) is 6.04 Å². The molecule has 5 nitrogen and oxygen atoms in total. The summed E-state index contributed by atoms with van der Waals surface area (Å²) in [7, 11) is 0. The van der Waals surface area contributed by atoms with Gasteiger partial charge in [0.25, 0.3) is 0 Å². The van der Waals surface area contributed by atoms with E-state index in [0.717, 1.165) is 41.5 Å². The molecular formula is C16H16ClN3O2. The average Bonchev–Trinajstić information content (AvgIpc) is 3.24. The number of halogens is 1. The molecule has 1 unspecified atom stereocenters. The van der Waals surface area contributed by atoms with Crippen LogP contribution in [0.3, 0.4) is 0 Å². The van der Waals surface area contributed by atoms with Gasteiger partial charge in [0, 0.05) is 12.0 Å². The van der Waals surface area contributed by atoms with E-state index in [1.165, 1.54) is 0 Å². The largest absolute Gasteiger partial charge is 0.454 e. The second-order valence-corrected chi connectivity index (χ2v) is 6.07. The Hall–Kier alpha value is -2.01. The number of hydrogen-bond donors (Lipinski definition) is 1. The highest BCUT2D eigenvalue weighted by Crippen LogP contribution is 2.39. The number of hydrogen-bond acceptors (Lipinski definition) is 5. The van der Waals surface area contributed by atoms with E-state index in [9.17, 15) is 0 Å². The van der Waals surface area contributed by atoms with E-state index in [2.05, 4.69) is 22.2 Å². The SMILES string of the molecule is CC(Nc1cc(Cl)nc(C2CC2)n1)c1ccc2c(c1)OCO2. The molecule has 0 saturated heterocycles. The molecule has 1 aliphatic carbocycles. The number of anilines is 1. The molecule has 0 spiro atoms. The van der Waals surface area contributed by atoms with Crippen LogP contribution < -0.4 is 14.8 Å². The van der Waals surface area contributed by atoms with Crippen molar-refractivity contribution < 1.29 is 9.47 Å². The zero-order valence-electron chi connectivity index (χ0n) is 12.2. The molecule has 1 fully saturated rings. The van der Waals surface area contributed by atoms with Gasteiger partial charge in [-0.15, -0.1) is 0 Å². The number of benzene rings is 1. The Kier molecular flexibility index (Phi) is 3.30. The van der Waals surface area contributed by atoms with Gasteiger partial charge in [0.1, 0.15) is 16.8 Å². The van der Waals surface area contributed by atoms with Gasteiger partial charge >= 0.3 is 0 Å². The van der Waals surface area contributed by atoms with Crippen LogP contribution in [-0.2, 0) is 0 Å². The van der Waals surface area contributed by atoms with Crippen molar-refractivity contribution in [1.29, 1.82) is 0 Å². The average molecular weight is 318 g/mol. The minimum absolute atomic E-state index is 0.0764. The molecule has 2 heterocycles.